The summed E-state index contributed by atoms with van der Waals surface area (Å²) in [6, 6.07) is 7.24. The van der Waals surface area contributed by atoms with Crippen LogP contribution in [0.2, 0.25) is 5.02 Å². The van der Waals surface area contributed by atoms with Crippen molar-refractivity contribution in [3.8, 4) is 5.75 Å². The minimum absolute atomic E-state index is 0.124. The Hall–Kier alpha value is -1.87. The summed E-state index contributed by atoms with van der Waals surface area (Å²) < 4.78 is 5.53. The van der Waals surface area contributed by atoms with Crippen LogP contribution in [0.15, 0.2) is 36.7 Å². The van der Waals surface area contributed by atoms with Crippen molar-refractivity contribution in [2.75, 3.05) is 6.61 Å². The molecule has 90 valence electrons. The van der Waals surface area contributed by atoms with Crippen molar-refractivity contribution in [2.45, 2.75) is 6.42 Å². The summed E-state index contributed by atoms with van der Waals surface area (Å²) in [6.45, 7) is 0.629. The molecule has 4 heteroatoms. The number of nitrogens with zero attached hydrogens (tertiary/aromatic N) is 1. The van der Waals surface area contributed by atoms with Crippen LogP contribution in [0, 0.1) is 0 Å². The quantitative estimate of drug-likeness (QED) is 0.779. The lowest BCUT2D eigenvalue weighted by Gasteiger charge is -2.07. The summed E-state index contributed by atoms with van der Waals surface area (Å²) in [6.07, 6.45) is 3.88. The number of para-hydroxylation sites is 1. The maximum atomic E-state index is 12.4. The number of aromatic nitrogens is 1. The highest BCUT2D eigenvalue weighted by Crippen LogP contribution is 2.31. The Kier molecular flexibility index (Phi) is 2.76. The maximum Gasteiger partial charge on any atom is 0.198 e. The van der Waals surface area contributed by atoms with Gasteiger partial charge in [-0.2, -0.15) is 0 Å². The van der Waals surface area contributed by atoms with E-state index in [1.54, 1.807) is 18.3 Å². The van der Waals surface area contributed by atoms with E-state index in [0.29, 0.717) is 28.5 Å². The molecular weight excluding hydrogens is 250 g/mol. The van der Waals surface area contributed by atoms with Gasteiger partial charge in [-0.1, -0.05) is 23.7 Å². The fourth-order valence-corrected chi connectivity index (χ4v) is 2.30. The highest BCUT2D eigenvalue weighted by molar-refractivity contribution is 6.35. The Morgan fingerprint density at radius 3 is 3.00 bits per heavy atom. The zero-order valence-electron chi connectivity index (χ0n) is 9.52. The van der Waals surface area contributed by atoms with Crippen molar-refractivity contribution >= 4 is 17.4 Å². The first kappa shape index (κ1) is 11.2. The van der Waals surface area contributed by atoms with Crippen molar-refractivity contribution in [1.82, 2.24) is 4.98 Å². The summed E-state index contributed by atoms with van der Waals surface area (Å²) >= 11 is 6.00. The molecule has 0 saturated carbocycles. The Morgan fingerprint density at radius 2 is 2.17 bits per heavy atom. The van der Waals surface area contributed by atoms with Crippen molar-refractivity contribution < 1.29 is 9.53 Å². The van der Waals surface area contributed by atoms with E-state index in [9.17, 15) is 4.79 Å². The van der Waals surface area contributed by atoms with Gasteiger partial charge in [0, 0.05) is 24.4 Å². The van der Waals surface area contributed by atoms with Crippen LogP contribution in [-0.4, -0.2) is 17.4 Å². The van der Waals surface area contributed by atoms with Crippen molar-refractivity contribution in [3.05, 3.63) is 58.4 Å². The fraction of sp³-hybridized carbons (Fsp3) is 0.143. The molecule has 0 spiro atoms. The third-order valence-electron chi connectivity index (χ3n) is 2.98. The first-order valence-corrected chi connectivity index (χ1v) is 6.04. The van der Waals surface area contributed by atoms with Gasteiger partial charge in [0.2, 0.25) is 0 Å². The molecular formula is C14H10ClNO2. The van der Waals surface area contributed by atoms with Gasteiger partial charge in [0.15, 0.2) is 5.78 Å². The second-order valence-corrected chi connectivity index (χ2v) is 4.48. The summed E-state index contributed by atoms with van der Waals surface area (Å²) in [5.74, 6) is 0.566. The summed E-state index contributed by atoms with van der Waals surface area (Å²) in [5, 5.41) is 0.359. The number of ketones is 1. The van der Waals surface area contributed by atoms with Crippen LogP contribution < -0.4 is 4.74 Å². The van der Waals surface area contributed by atoms with Gasteiger partial charge in [0.1, 0.15) is 5.75 Å². The molecule has 1 aliphatic heterocycles. The molecule has 0 bridgehead atoms. The van der Waals surface area contributed by atoms with Crippen LogP contribution in [0.3, 0.4) is 0 Å². The molecule has 1 aromatic carbocycles. The number of ether oxygens (including phenoxy) is 1. The van der Waals surface area contributed by atoms with Gasteiger partial charge in [0.05, 0.1) is 17.2 Å². The van der Waals surface area contributed by atoms with E-state index in [4.69, 9.17) is 16.3 Å². The Labute approximate surface area is 109 Å². The van der Waals surface area contributed by atoms with E-state index < -0.39 is 0 Å². The second-order valence-electron chi connectivity index (χ2n) is 4.08. The topological polar surface area (TPSA) is 39.2 Å². The number of halogens is 1. The second kappa shape index (κ2) is 4.42. The molecule has 0 radical (unpaired) electrons. The van der Waals surface area contributed by atoms with Gasteiger partial charge in [0.25, 0.3) is 0 Å². The zero-order valence-corrected chi connectivity index (χ0v) is 10.3. The number of carbonyl (C=O) groups is 1. The Balaban J connectivity index is 2.09. The summed E-state index contributed by atoms with van der Waals surface area (Å²) in [7, 11) is 0. The van der Waals surface area contributed by atoms with Crippen molar-refractivity contribution in [3.63, 3.8) is 0 Å². The molecule has 1 aliphatic rings. The van der Waals surface area contributed by atoms with E-state index >= 15 is 0 Å². The molecule has 3 rings (SSSR count). The molecule has 0 fully saturated rings. The molecule has 2 heterocycles. The van der Waals surface area contributed by atoms with Crippen LogP contribution >= 0.6 is 11.6 Å². The molecule has 0 aliphatic carbocycles. The molecule has 0 amide bonds. The monoisotopic (exact) mass is 259 g/mol. The van der Waals surface area contributed by atoms with Crippen LogP contribution in [-0.2, 0) is 6.42 Å². The average Bonchev–Trinajstić information content (AvgIpc) is 2.86. The lowest BCUT2D eigenvalue weighted by atomic mass is 10.0. The number of benzene rings is 1. The summed E-state index contributed by atoms with van der Waals surface area (Å²) in [5.41, 5.74) is 2.10. The van der Waals surface area contributed by atoms with Gasteiger partial charge >= 0.3 is 0 Å². The largest absolute Gasteiger partial charge is 0.492 e. The van der Waals surface area contributed by atoms with E-state index in [-0.39, 0.29) is 5.78 Å². The minimum atomic E-state index is -0.124. The van der Waals surface area contributed by atoms with Crippen LogP contribution in [0.4, 0.5) is 0 Å². The number of hydrogen-bond donors (Lipinski definition) is 0. The molecule has 0 saturated heterocycles. The number of rotatable bonds is 2. The third-order valence-corrected chi connectivity index (χ3v) is 3.28. The van der Waals surface area contributed by atoms with Gasteiger partial charge in [-0.15, -0.1) is 0 Å². The maximum absolute atomic E-state index is 12.4. The third kappa shape index (κ3) is 1.77. The highest BCUT2D eigenvalue weighted by Gasteiger charge is 2.22. The standard InChI is InChI=1S/C14H10ClNO2/c15-12-8-16-6-4-10(12)13(17)11-3-1-2-9-5-7-18-14(9)11/h1-4,6,8H,5,7H2. The molecule has 0 unspecified atom stereocenters. The van der Waals surface area contributed by atoms with Crippen LogP contribution in [0.5, 0.6) is 5.75 Å². The van der Waals surface area contributed by atoms with E-state index in [2.05, 4.69) is 4.98 Å². The van der Waals surface area contributed by atoms with Crippen LogP contribution in [0.25, 0.3) is 0 Å². The van der Waals surface area contributed by atoms with E-state index in [1.807, 2.05) is 12.1 Å². The first-order valence-electron chi connectivity index (χ1n) is 5.66. The van der Waals surface area contributed by atoms with Gasteiger partial charge in [-0.3, -0.25) is 9.78 Å². The highest BCUT2D eigenvalue weighted by atomic mass is 35.5. The zero-order chi connectivity index (χ0) is 12.5. The van der Waals surface area contributed by atoms with E-state index in [1.165, 1.54) is 6.20 Å². The lowest BCUT2D eigenvalue weighted by Crippen LogP contribution is -2.04. The molecule has 2 aromatic rings. The molecule has 3 nitrogen and oxygen atoms in total. The molecule has 0 N–H and O–H groups in total. The number of carbonyl (C=O) groups excluding carboxylic acids is 1. The fourth-order valence-electron chi connectivity index (χ4n) is 2.10. The smallest absolute Gasteiger partial charge is 0.198 e. The Bertz CT molecular complexity index is 625. The normalized spacial score (nSPS) is 12.9. The number of pyridine rings is 1. The predicted molar refractivity (Wildman–Crippen MR) is 68.3 cm³/mol. The number of fused-ring (bicyclic) bond motifs is 1. The van der Waals surface area contributed by atoms with Gasteiger partial charge < -0.3 is 4.74 Å². The average molecular weight is 260 g/mol. The number of hydrogen-bond acceptors (Lipinski definition) is 3. The predicted octanol–water partition coefficient (Wildman–Crippen LogP) is 2.90. The van der Waals surface area contributed by atoms with E-state index in [0.717, 1.165) is 12.0 Å². The van der Waals surface area contributed by atoms with Crippen molar-refractivity contribution in [1.29, 1.82) is 0 Å². The van der Waals surface area contributed by atoms with Gasteiger partial charge in [-0.25, -0.2) is 0 Å². The molecule has 1 aromatic heterocycles. The van der Waals surface area contributed by atoms with Crippen LogP contribution in [0.1, 0.15) is 21.5 Å². The van der Waals surface area contributed by atoms with Crippen molar-refractivity contribution in [2.24, 2.45) is 0 Å². The Morgan fingerprint density at radius 1 is 1.28 bits per heavy atom. The van der Waals surface area contributed by atoms with Gasteiger partial charge in [-0.05, 0) is 17.7 Å². The SMILES string of the molecule is O=C(c1ccncc1Cl)c1cccc2c1OCC2. The minimum Gasteiger partial charge on any atom is -0.492 e. The first-order chi connectivity index (χ1) is 8.77. The molecule has 18 heavy (non-hydrogen) atoms. The summed E-state index contributed by atoms with van der Waals surface area (Å²) in [4.78, 5) is 16.3. The lowest BCUT2D eigenvalue weighted by molar-refractivity contribution is 0.103. The molecule has 0 atom stereocenters.